The molecule has 4 nitrogen and oxygen atoms in total. The van der Waals surface area contributed by atoms with Crippen LogP contribution in [0.3, 0.4) is 0 Å². The Morgan fingerprint density at radius 2 is 1.84 bits per heavy atom. The summed E-state index contributed by atoms with van der Waals surface area (Å²) in [5, 5.41) is 0. The number of methoxy groups -OCH3 is 2. The van der Waals surface area contributed by atoms with Crippen molar-refractivity contribution in [3.63, 3.8) is 0 Å². The Kier molecular flexibility index (Phi) is 3.76. The van der Waals surface area contributed by atoms with E-state index in [1.807, 2.05) is 31.2 Å². The highest BCUT2D eigenvalue weighted by Gasteiger charge is 2.20. The van der Waals surface area contributed by atoms with Gasteiger partial charge in [-0.25, -0.2) is 4.79 Å². The van der Waals surface area contributed by atoms with Gasteiger partial charge in [0, 0.05) is 10.4 Å². The monoisotopic (exact) mass is 277 g/mol. The second-order valence-corrected chi connectivity index (χ2v) is 5.22. The Morgan fingerprint density at radius 1 is 1.21 bits per heavy atom. The Bertz CT molecular complexity index is 602. The van der Waals surface area contributed by atoms with Gasteiger partial charge in [0.1, 0.15) is 10.6 Å². The van der Waals surface area contributed by atoms with Crippen LogP contribution in [0.5, 0.6) is 5.75 Å². The zero-order valence-electron chi connectivity index (χ0n) is 11.0. The van der Waals surface area contributed by atoms with E-state index in [0.29, 0.717) is 10.6 Å². The van der Waals surface area contributed by atoms with Crippen LogP contribution < -0.4 is 10.5 Å². The van der Waals surface area contributed by atoms with Crippen molar-refractivity contribution in [1.82, 2.24) is 0 Å². The van der Waals surface area contributed by atoms with Crippen LogP contribution in [0.2, 0.25) is 0 Å². The predicted molar refractivity (Wildman–Crippen MR) is 76.8 cm³/mol. The standard InChI is InChI=1S/C14H15NO3S/c1-8-11(9-4-6-10(17-2)7-5-9)12(15)13(19-8)14(16)18-3/h4-7H,15H2,1-3H3. The maximum Gasteiger partial charge on any atom is 0.350 e. The Morgan fingerprint density at radius 3 is 2.37 bits per heavy atom. The second-order valence-electron chi connectivity index (χ2n) is 4.00. The summed E-state index contributed by atoms with van der Waals surface area (Å²) in [4.78, 5) is 13.1. The molecule has 1 aromatic heterocycles. The number of nitrogen functional groups attached to an aromatic ring is 1. The van der Waals surface area contributed by atoms with Crippen LogP contribution in [0.25, 0.3) is 11.1 Å². The molecule has 0 atom stereocenters. The molecule has 5 heteroatoms. The van der Waals surface area contributed by atoms with E-state index in [1.165, 1.54) is 18.4 Å². The average Bonchev–Trinajstić information content (AvgIpc) is 2.73. The second kappa shape index (κ2) is 5.32. The summed E-state index contributed by atoms with van der Waals surface area (Å²) < 4.78 is 9.85. The van der Waals surface area contributed by atoms with Gasteiger partial charge in [-0.1, -0.05) is 12.1 Å². The van der Waals surface area contributed by atoms with E-state index in [1.54, 1.807) is 7.11 Å². The zero-order chi connectivity index (χ0) is 14.0. The van der Waals surface area contributed by atoms with Crippen LogP contribution in [0.15, 0.2) is 24.3 Å². The van der Waals surface area contributed by atoms with Crippen LogP contribution >= 0.6 is 11.3 Å². The van der Waals surface area contributed by atoms with Crippen molar-refractivity contribution in [2.75, 3.05) is 20.0 Å². The number of carbonyl (C=O) groups is 1. The highest BCUT2D eigenvalue weighted by atomic mass is 32.1. The molecule has 19 heavy (non-hydrogen) atoms. The van der Waals surface area contributed by atoms with Crippen molar-refractivity contribution >= 4 is 23.0 Å². The van der Waals surface area contributed by atoms with Crippen molar-refractivity contribution in [3.05, 3.63) is 34.0 Å². The molecule has 0 unspecified atom stereocenters. The SMILES string of the molecule is COC(=O)c1sc(C)c(-c2ccc(OC)cc2)c1N. The molecule has 100 valence electrons. The summed E-state index contributed by atoms with van der Waals surface area (Å²) in [5.41, 5.74) is 8.38. The van der Waals surface area contributed by atoms with Gasteiger partial charge >= 0.3 is 5.97 Å². The summed E-state index contributed by atoms with van der Waals surface area (Å²) in [6, 6.07) is 7.57. The van der Waals surface area contributed by atoms with E-state index in [9.17, 15) is 4.79 Å². The lowest BCUT2D eigenvalue weighted by molar-refractivity contribution is 0.0607. The lowest BCUT2D eigenvalue weighted by Gasteiger charge is -2.05. The van der Waals surface area contributed by atoms with Crippen LogP contribution in [-0.4, -0.2) is 20.2 Å². The third-order valence-electron chi connectivity index (χ3n) is 2.87. The first-order chi connectivity index (χ1) is 9.08. The molecule has 2 N–H and O–H groups in total. The quantitative estimate of drug-likeness (QED) is 0.876. The van der Waals surface area contributed by atoms with Crippen molar-refractivity contribution in [3.8, 4) is 16.9 Å². The molecule has 1 heterocycles. The van der Waals surface area contributed by atoms with Crippen molar-refractivity contribution in [2.45, 2.75) is 6.92 Å². The molecule has 0 saturated carbocycles. The number of rotatable bonds is 3. The fraction of sp³-hybridized carbons (Fsp3) is 0.214. The molecule has 0 saturated heterocycles. The first-order valence-corrected chi connectivity index (χ1v) is 6.51. The number of carbonyl (C=O) groups excluding carboxylic acids is 1. The smallest absolute Gasteiger partial charge is 0.350 e. The largest absolute Gasteiger partial charge is 0.497 e. The fourth-order valence-electron chi connectivity index (χ4n) is 1.92. The van der Waals surface area contributed by atoms with E-state index in [-0.39, 0.29) is 0 Å². The first-order valence-electron chi connectivity index (χ1n) is 5.70. The molecule has 2 aromatic rings. The van der Waals surface area contributed by atoms with E-state index >= 15 is 0 Å². The highest BCUT2D eigenvalue weighted by molar-refractivity contribution is 7.15. The number of aryl methyl sites for hydroxylation is 1. The van der Waals surface area contributed by atoms with Gasteiger partial charge in [0.15, 0.2) is 0 Å². The molecule has 0 spiro atoms. The normalized spacial score (nSPS) is 10.3. The Hall–Kier alpha value is -2.01. The number of anilines is 1. The van der Waals surface area contributed by atoms with Gasteiger partial charge in [0.25, 0.3) is 0 Å². The maximum absolute atomic E-state index is 11.6. The molecule has 0 radical (unpaired) electrons. The number of nitrogens with two attached hydrogens (primary N) is 1. The van der Waals surface area contributed by atoms with E-state index in [2.05, 4.69) is 0 Å². The average molecular weight is 277 g/mol. The van der Waals surface area contributed by atoms with Crippen molar-refractivity contribution in [2.24, 2.45) is 0 Å². The summed E-state index contributed by atoms with van der Waals surface area (Å²) in [7, 11) is 2.97. The van der Waals surface area contributed by atoms with Crippen molar-refractivity contribution < 1.29 is 14.3 Å². The Labute approximate surface area is 115 Å². The van der Waals surface area contributed by atoms with Gasteiger partial charge in [0.2, 0.25) is 0 Å². The lowest BCUT2D eigenvalue weighted by Crippen LogP contribution is -2.02. The predicted octanol–water partition coefficient (Wildman–Crippen LogP) is 3.10. The lowest BCUT2D eigenvalue weighted by atomic mass is 10.0. The molecular weight excluding hydrogens is 262 g/mol. The number of benzene rings is 1. The van der Waals surface area contributed by atoms with Gasteiger partial charge in [-0.15, -0.1) is 11.3 Å². The van der Waals surface area contributed by atoms with Crippen LogP contribution in [0.4, 0.5) is 5.69 Å². The number of hydrogen-bond acceptors (Lipinski definition) is 5. The number of esters is 1. The fourth-order valence-corrected chi connectivity index (χ4v) is 2.94. The summed E-state index contributed by atoms with van der Waals surface area (Å²) in [5.74, 6) is 0.383. The zero-order valence-corrected chi connectivity index (χ0v) is 11.8. The molecular formula is C14H15NO3S. The number of hydrogen-bond donors (Lipinski definition) is 1. The van der Waals surface area contributed by atoms with Gasteiger partial charge in [-0.2, -0.15) is 0 Å². The van der Waals surface area contributed by atoms with Gasteiger partial charge in [-0.05, 0) is 24.6 Å². The molecule has 1 aromatic carbocycles. The Balaban J connectivity index is 2.49. The molecule has 0 aliphatic rings. The molecule has 0 fully saturated rings. The van der Waals surface area contributed by atoms with Gasteiger partial charge < -0.3 is 15.2 Å². The van der Waals surface area contributed by atoms with E-state index in [4.69, 9.17) is 15.2 Å². The van der Waals surface area contributed by atoms with Gasteiger partial charge in [0.05, 0.1) is 19.9 Å². The van der Waals surface area contributed by atoms with Crippen molar-refractivity contribution in [1.29, 1.82) is 0 Å². The molecule has 0 bridgehead atoms. The highest BCUT2D eigenvalue weighted by Crippen LogP contribution is 2.39. The third-order valence-corrected chi connectivity index (χ3v) is 3.97. The van der Waals surface area contributed by atoms with E-state index in [0.717, 1.165) is 21.8 Å². The minimum Gasteiger partial charge on any atom is -0.497 e. The number of thiophene rings is 1. The molecule has 0 aliphatic carbocycles. The summed E-state index contributed by atoms with van der Waals surface area (Å²) in [6.45, 7) is 1.94. The van der Waals surface area contributed by atoms with Gasteiger partial charge in [-0.3, -0.25) is 0 Å². The minimum absolute atomic E-state index is 0.398. The van der Waals surface area contributed by atoms with E-state index < -0.39 is 5.97 Å². The molecule has 0 amide bonds. The summed E-state index contributed by atoms with van der Waals surface area (Å²) >= 11 is 1.35. The number of ether oxygens (including phenoxy) is 2. The van der Waals surface area contributed by atoms with Crippen LogP contribution in [-0.2, 0) is 4.74 Å². The topological polar surface area (TPSA) is 61.5 Å². The third kappa shape index (κ3) is 2.42. The molecule has 2 rings (SSSR count). The molecule has 0 aliphatic heterocycles. The maximum atomic E-state index is 11.6. The summed E-state index contributed by atoms with van der Waals surface area (Å²) in [6.07, 6.45) is 0. The van der Waals surface area contributed by atoms with Crippen LogP contribution in [0.1, 0.15) is 14.5 Å². The first kappa shape index (κ1) is 13.4. The minimum atomic E-state index is -0.398. The van der Waals surface area contributed by atoms with Crippen LogP contribution in [0, 0.1) is 6.92 Å².